The molecule has 4 heteroatoms. The molecule has 0 spiro atoms. The molecule has 0 aliphatic heterocycles. The molecule has 3 aromatic rings. The maximum absolute atomic E-state index is 5.76. The van der Waals surface area contributed by atoms with Crippen molar-refractivity contribution in [3.8, 4) is 11.5 Å². The second-order valence-electron chi connectivity index (χ2n) is 4.21. The molecule has 3 nitrogen and oxygen atoms in total. The fraction of sp³-hybridized carbons (Fsp3) is 0.0714. The van der Waals surface area contributed by atoms with Gasteiger partial charge in [-0.3, -0.25) is 0 Å². The number of hydrogen-bond acceptors (Lipinski definition) is 3. The molecule has 90 valence electrons. The lowest BCUT2D eigenvalue weighted by atomic mass is 10.1. The molecule has 0 saturated carbocycles. The lowest BCUT2D eigenvalue weighted by Gasteiger charge is -2.01. The van der Waals surface area contributed by atoms with Crippen LogP contribution in [0, 0.1) is 6.92 Å². The Morgan fingerprint density at radius 1 is 1.17 bits per heavy atom. The quantitative estimate of drug-likeness (QED) is 0.687. The van der Waals surface area contributed by atoms with Gasteiger partial charge in [-0.05, 0) is 36.8 Å². The standard InChI is InChI=1S/C14H11BrN2O/c1-8-2-3-9(15)6-11(8)14-17-12-5-4-10(16)7-13(12)18-14/h2-7H,16H2,1H3. The van der Waals surface area contributed by atoms with Gasteiger partial charge in [-0.15, -0.1) is 0 Å². The van der Waals surface area contributed by atoms with Crippen LogP contribution in [-0.4, -0.2) is 4.98 Å². The van der Waals surface area contributed by atoms with Crippen LogP contribution in [0.1, 0.15) is 5.56 Å². The van der Waals surface area contributed by atoms with Crippen LogP contribution in [0.3, 0.4) is 0 Å². The highest BCUT2D eigenvalue weighted by atomic mass is 79.9. The van der Waals surface area contributed by atoms with Gasteiger partial charge < -0.3 is 10.2 Å². The van der Waals surface area contributed by atoms with Crippen molar-refractivity contribution in [3.63, 3.8) is 0 Å². The molecule has 2 aromatic carbocycles. The third-order valence-corrected chi connectivity index (χ3v) is 3.34. The Kier molecular flexibility index (Phi) is 2.59. The number of rotatable bonds is 1. The number of aryl methyl sites for hydroxylation is 1. The number of nitrogen functional groups attached to an aromatic ring is 1. The van der Waals surface area contributed by atoms with Crippen LogP contribution in [0.2, 0.25) is 0 Å². The van der Waals surface area contributed by atoms with E-state index in [4.69, 9.17) is 10.2 Å². The third-order valence-electron chi connectivity index (χ3n) is 2.84. The summed E-state index contributed by atoms with van der Waals surface area (Å²) in [5, 5.41) is 0. The van der Waals surface area contributed by atoms with Gasteiger partial charge in [0.05, 0.1) is 0 Å². The van der Waals surface area contributed by atoms with Crippen molar-refractivity contribution in [1.29, 1.82) is 0 Å². The van der Waals surface area contributed by atoms with Gasteiger partial charge in [0.2, 0.25) is 5.89 Å². The predicted molar refractivity (Wildman–Crippen MR) is 76.3 cm³/mol. The molecule has 0 atom stereocenters. The summed E-state index contributed by atoms with van der Waals surface area (Å²) < 4.78 is 6.76. The topological polar surface area (TPSA) is 52.0 Å². The summed E-state index contributed by atoms with van der Waals surface area (Å²) in [5.41, 5.74) is 10.0. The van der Waals surface area contributed by atoms with E-state index in [1.807, 2.05) is 37.3 Å². The Hall–Kier alpha value is -1.81. The Bertz CT molecular complexity index is 734. The number of nitrogens with zero attached hydrogens (tertiary/aromatic N) is 1. The fourth-order valence-corrected chi connectivity index (χ4v) is 2.24. The molecule has 0 saturated heterocycles. The van der Waals surface area contributed by atoms with Crippen LogP contribution in [0.5, 0.6) is 0 Å². The molecule has 0 aliphatic rings. The SMILES string of the molecule is Cc1ccc(Br)cc1-c1nc2ccc(N)cc2o1. The number of aromatic nitrogens is 1. The Balaban J connectivity index is 2.22. The van der Waals surface area contributed by atoms with Crippen LogP contribution < -0.4 is 5.73 Å². The van der Waals surface area contributed by atoms with Crippen molar-refractivity contribution in [1.82, 2.24) is 4.98 Å². The van der Waals surface area contributed by atoms with E-state index in [0.29, 0.717) is 17.2 Å². The molecule has 3 rings (SSSR count). The first-order valence-electron chi connectivity index (χ1n) is 5.56. The number of halogens is 1. The van der Waals surface area contributed by atoms with Crippen molar-refractivity contribution >= 4 is 32.7 Å². The number of benzene rings is 2. The monoisotopic (exact) mass is 302 g/mol. The summed E-state index contributed by atoms with van der Waals surface area (Å²) in [6, 6.07) is 11.5. The summed E-state index contributed by atoms with van der Waals surface area (Å²) in [7, 11) is 0. The van der Waals surface area contributed by atoms with Crippen molar-refractivity contribution in [2.24, 2.45) is 0 Å². The molecule has 18 heavy (non-hydrogen) atoms. The van der Waals surface area contributed by atoms with Gasteiger partial charge in [-0.2, -0.15) is 0 Å². The molecule has 0 unspecified atom stereocenters. The van der Waals surface area contributed by atoms with Crippen LogP contribution in [0.4, 0.5) is 5.69 Å². The first-order valence-corrected chi connectivity index (χ1v) is 6.35. The molecule has 1 aromatic heterocycles. The minimum absolute atomic E-state index is 0.620. The zero-order chi connectivity index (χ0) is 12.7. The molecule has 2 N–H and O–H groups in total. The first kappa shape index (κ1) is 11.3. The molecule has 0 fully saturated rings. The van der Waals surface area contributed by atoms with Crippen LogP contribution >= 0.6 is 15.9 Å². The van der Waals surface area contributed by atoms with E-state index in [-0.39, 0.29) is 0 Å². The molecule has 0 radical (unpaired) electrons. The van der Waals surface area contributed by atoms with Crippen molar-refractivity contribution in [2.75, 3.05) is 5.73 Å². The van der Waals surface area contributed by atoms with Crippen LogP contribution in [-0.2, 0) is 0 Å². The summed E-state index contributed by atoms with van der Waals surface area (Å²) in [6.07, 6.45) is 0. The van der Waals surface area contributed by atoms with Crippen molar-refractivity contribution < 1.29 is 4.42 Å². The maximum atomic E-state index is 5.76. The Morgan fingerprint density at radius 3 is 2.83 bits per heavy atom. The van der Waals surface area contributed by atoms with E-state index in [9.17, 15) is 0 Å². The Morgan fingerprint density at radius 2 is 2.00 bits per heavy atom. The predicted octanol–water partition coefficient (Wildman–Crippen LogP) is 4.15. The molecule has 0 bridgehead atoms. The molecule has 1 heterocycles. The number of oxazole rings is 1. The second-order valence-corrected chi connectivity index (χ2v) is 5.12. The minimum Gasteiger partial charge on any atom is -0.436 e. The maximum Gasteiger partial charge on any atom is 0.227 e. The van der Waals surface area contributed by atoms with Gasteiger partial charge in [0.1, 0.15) is 5.52 Å². The fourth-order valence-electron chi connectivity index (χ4n) is 1.88. The second kappa shape index (κ2) is 4.14. The smallest absolute Gasteiger partial charge is 0.227 e. The van der Waals surface area contributed by atoms with Gasteiger partial charge in [0.25, 0.3) is 0 Å². The van der Waals surface area contributed by atoms with E-state index in [2.05, 4.69) is 20.9 Å². The molecule has 0 amide bonds. The largest absolute Gasteiger partial charge is 0.436 e. The van der Waals surface area contributed by atoms with Gasteiger partial charge in [-0.25, -0.2) is 4.98 Å². The molecular formula is C14H11BrN2O. The number of nitrogens with two attached hydrogens (primary N) is 1. The van der Waals surface area contributed by atoms with Crippen LogP contribution in [0.25, 0.3) is 22.6 Å². The number of hydrogen-bond donors (Lipinski definition) is 1. The van der Waals surface area contributed by atoms with Gasteiger partial charge in [0.15, 0.2) is 5.58 Å². The molecular weight excluding hydrogens is 292 g/mol. The first-order chi connectivity index (χ1) is 8.63. The van der Waals surface area contributed by atoms with E-state index < -0.39 is 0 Å². The summed E-state index contributed by atoms with van der Waals surface area (Å²) >= 11 is 3.46. The lowest BCUT2D eigenvalue weighted by molar-refractivity contribution is 0.619. The van der Waals surface area contributed by atoms with Crippen molar-refractivity contribution in [2.45, 2.75) is 6.92 Å². The summed E-state index contributed by atoms with van der Waals surface area (Å²) in [5.74, 6) is 0.620. The average Bonchev–Trinajstić information content (AvgIpc) is 2.74. The average molecular weight is 303 g/mol. The van der Waals surface area contributed by atoms with Gasteiger partial charge in [-0.1, -0.05) is 22.0 Å². The highest BCUT2D eigenvalue weighted by molar-refractivity contribution is 9.10. The van der Waals surface area contributed by atoms with Crippen molar-refractivity contribution in [3.05, 3.63) is 46.4 Å². The van der Waals surface area contributed by atoms with Crippen LogP contribution in [0.15, 0.2) is 45.3 Å². The normalized spacial score (nSPS) is 11.0. The van der Waals surface area contributed by atoms with E-state index >= 15 is 0 Å². The third kappa shape index (κ3) is 1.88. The van der Waals surface area contributed by atoms with Gasteiger partial charge in [0, 0.05) is 21.8 Å². The van der Waals surface area contributed by atoms with E-state index in [1.165, 1.54) is 0 Å². The van der Waals surface area contributed by atoms with E-state index in [1.54, 1.807) is 6.07 Å². The van der Waals surface area contributed by atoms with Gasteiger partial charge >= 0.3 is 0 Å². The molecule has 0 aliphatic carbocycles. The number of anilines is 1. The summed E-state index contributed by atoms with van der Waals surface area (Å²) in [4.78, 5) is 4.48. The Labute approximate surface area is 113 Å². The summed E-state index contributed by atoms with van der Waals surface area (Å²) in [6.45, 7) is 2.03. The zero-order valence-electron chi connectivity index (χ0n) is 9.77. The number of fused-ring (bicyclic) bond motifs is 1. The zero-order valence-corrected chi connectivity index (χ0v) is 11.4. The minimum atomic E-state index is 0.620. The lowest BCUT2D eigenvalue weighted by Crippen LogP contribution is -1.83. The van der Waals surface area contributed by atoms with E-state index in [0.717, 1.165) is 21.1 Å². The highest BCUT2D eigenvalue weighted by Gasteiger charge is 2.11. The highest BCUT2D eigenvalue weighted by Crippen LogP contribution is 2.29.